The molecular weight excluding hydrogens is 434 g/mol. The van der Waals surface area contributed by atoms with E-state index < -0.39 is 24.1 Å². The second kappa shape index (κ2) is 7.95. The highest BCUT2D eigenvalue weighted by Crippen LogP contribution is 2.32. The van der Waals surface area contributed by atoms with Gasteiger partial charge in [0, 0.05) is 0 Å². The number of halogens is 3. The van der Waals surface area contributed by atoms with Gasteiger partial charge in [-0.1, -0.05) is 35.9 Å². The van der Waals surface area contributed by atoms with Gasteiger partial charge in [-0.25, -0.2) is 4.79 Å². The Kier molecular flexibility index (Phi) is 5.32. The van der Waals surface area contributed by atoms with Gasteiger partial charge >= 0.3 is 12.6 Å². The molecule has 31 heavy (non-hydrogen) atoms. The van der Waals surface area contributed by atoms with Crippen molar-refractivity contribution in [3.8, 4) is 17.2 Å². The van der Waals surface area contributed by atoms with Gasteiger partial charge in [-0.3, -0.25) is 9.69 Å². The highest BCUT2D eigenvalue weighted by Gasteiger charge is 2.49. The van der Waals surface area contributed by atoms with Gasteiger partial charge in [0.2, 0.25) is 11.8 Å². The van der Waals surface area contributed by atoms with E-state index in [0.717, 1.165) is 4.90 Å². The maximum Gasteiger partial charge on any atom is 0.387 e. The molecule has 4 rings (SSSR count). The lowest BCUT2D eigenvalue weighted by Gasteiger charge is -2.22. The van der Waals surface area contributed by atoms with Crippen LogP contribution < -0.4 is 10.1 Å². The maximum atomic E-state index is 13.0. The van der Waals surface area contributed by atoms with Crippen LogP contribution in [0.4, 0.5) is 13.6 Å². The van der Waals surface area contributed by atoms with Crippen LogP contribution in [0, 0.1) is 0 Å². The van der Waals surface area contributed by atoms with Gasteiger partial charge in [-0.2, -0.15) is 8.78 Å². The zero-order valence-electron chi connectivity index (χ0n) is 16.0. The molecule has 1 aliphatic rings. The molecule has 2 aromatic carbocycles. The summed E-state index contributed by atoms with van der Waals surface area (Å²) in [5.74, 6) is -0.417. The standard InChI is InChI=1S/C20H15ClF2N4O4/c1-20(11-6-8-12(9-7-11)30-18(22)23)17(28)27(19(29)24-20)10-15-25-26-16(31-15)13-4-2-3-5-14(13)21/h2-9,18H,10H2,1H3,(H,24,29). The van der Waals surface area contributed by atoms with Crippen molar-refractivity contribution in [2.24, 2.45) is 0 Å². The van der Waals surface area contributed by atoms with E-state index in [2.05, 4.69) is 20.3 Å². The minimum Gasteiger partial charge on any atom is -0.435 e. The monoisotopic (exact) mass is 448 g/mol. The van der Waals surface area contributed by atoms with Crippen LogP contribution in [0.2, 0.25) is 5.02 Å². The summed E-state index contributed by atoms with van der Waals surface area (Å²) >= 11 is 6.12. The molecule has 3 amide bonds. The third-order valence-electron chi connectivity index (χ3n) is 4.80. The molecule has 8 nitrogen and oxygen atoms in total. The van der Waals surface area contributed by atoms with Crippen LogP contribution in [-0.2, 0) is 16.9 Å². The molecule has 0 aliphatic carbocycles. The number of amides is 3. The lowest BCUT2D eigenvalue weighted by molar-refractivity contribution is -0.131. The smallest absolute Gasteiger partial charge is 0.387 e. The first-order chi connectivity index (χ1) is 14.8. The maximum absolute atomic E-state index is 13.0. The number of nitrogens with zero attached hydrogens (tertiary/aromatic N) is 3. The van der Waals surface area contributed by atoms with Gasteiger partial charge < -0.3 is 14.5 Å². The number of nitrogens with one attached hydrogen (secondary N) is 1. The zero-order chi connectivity index (χ0) is 22.2. The lowest BCUT2D eigenvalue weighted by Crippen LogP contribution is -2.40. The van der Waals surface area contributed by atoms with Crippen molar-refractivity contribution in [1.82, 2.24) is 20.4 Å². The minimum absolute atomic E-state index is 0.0448. The second-order valence-electron chi connectivity index (χ2n) is 6.83. The molecule has 1 aliphatic heterocycles. The van der Waals surface area contributed by atoms with Crippen LogP contribution in [0.1, 0.15) is 18.4 Å². The Morgan fingerprint density at radius 1 is 1.16 bits per heavy atom. The van der Waals surface area contributed by atoms with Crippen LogP contribution >= 0.6 is 11.6 Å². The molecule has 160 valence electrons. The Labute approximate surface area is 179 Å². The molecular formula is C20H15ClF2N4O4. The molecule has 1 saturated heterocycles. The SMILES string of the molecule is CC1(c2ccc(OC(F)F)cc2)NC(=O)N(Cc2nnc(-c3ccccc3Cl)o2)C1=O. The normalized spacial score (nSPS) is 18.5. The van der Waals surface area contributed by atoms with Crippen molar-refractivity contribution in [2.75, 3.05) is 0 Å². The van der Waals surface area contributed by atoms with Crippen molar-refractivity contribution in [1.29, 1.82) is 0 Å². The lowest BCUT2D eigenvalue weighted by atomic mass is 9.92. The molecule has 2 heterocycles. The number of carbonyl (C=O) groups is 2. The number of carbonyl (C=O) groups excluding carboxylic acids is 2. The van der Waals surface area contributed by atoms with E-state index in [-0.39, 0.29) is 24.1 Å². The average Bonchev–Trinajstić information content (AvgIpc) is 3.27. The molecule has 3 aromatic rings. The Balaban J connectivity index is 1.53. The van der Waals surface area contributed by atoms with Crippen molar-refractivity contribution in [3.05, 3.63) is 65.0 Å². The fraction of sp³-hybridized carbons (Fsp3) is 0.200. The van der Waals surface area contributed by atoms with E-state index in [4.69, 9.17) is 16.0 Å². The predicted molar refractivity (Wildman–Crippen MR) is 104 cm³/mol. The highest BCUT2D eigenvalue weighted by atomic mass is 35.5. The predicted octanol–water partition coefficient (Wildman–Crippen LogP) is 3.96. The van der Waals surface area contributed by atoms with Gasteiger partial charge in [0.1, 0.15) is 17.8 Å². The Morgan fingerprint density at radius 2 is 1.87 bits per heavy atom. The molecule has 0 saturated carbocycles. The number of hydrogen-bond acceptors (Lipinski definition) is 6. The summed E-state index contributed by atoms with van der Waals surface area (Å²) in [6.45, 7) is -1.70. The van der Waals surface area contributed by atoms with Crippen molar-refractivity contribution in [2.45, 2.75) is 25.6 Å². The van der Waals surface area contributed by atoms with E-state index in [1.54, 1.807) is 24.3 Å². The van der Waals surface area contributed by atoms with E-state index in [9.17, 15) is 18.4 Å². The molecule has 0 radical (unpaired) electrons. The Hall–Kier alpha value is -3.53. The first-order valence-electron chi connectivity index (χ1n) is 9.04. The van der Waals surface area contributed by atoms with E-state index in [1.807, 2.05) is 0 Å². The molecule has 1 atom stereocenters. The zero-order valence-corrected chi connectivity index (χ0v) is 16.8. The highest BCUT2D eigenvalue weighted by molar-refractivity contribution is 6.33. The largest absolute Gasteiger partial charge is 0.435 e. The quantitative estimate of drug-likeness (QED) is 0.573. The molecule has 11 heteroatoms. The van der Waals surface area contributed by atoms with Gasteiger partial charge in [0.15, 0.2) is 0 Å². The summed E-state index contributed by atoms with van der Waals surface area (Å²) < 4.78 is 34.5. The van der Waals surface area contributed by atoms with Crippen LogP contribution in [0.5, 0.6) is 5.75 Å². The molecule has 1 fully saturated rings. The number of aromatic nitrogens is 2. The van der Waals surface area contributed by atoms with Crippen LogP contribution in [0.15, 0.2) is 52.9 Å². The summed E-state index contributed by atoms with van der Waals surface area (Å²) in [7, 11) is 0. The van der Waals surface area contributed by atoms with Crippen molar-refractivity contribution >= 4 is 23.5 Å². The number of rotatable bonds is 6. The van der Waals surface area contributed by atoms with Gasteiger partial charge in [-0.05, 0) is 36.8 Å². The van der Waals surface area contributed by atoms with E-state index >= 15 is 0 Å². The third-order valence-corrected chi connectivity index (χ3v) is 5.13. The molecule has 0 bridgehead atoms. The summed E-state index contributed by atoms with van der Waals surface area (Å²) in [4.78, 5) is 26.4. The summed E-state index contributed by atoms with van der Waals surface area (Å²) in [6.07, 6.45) is 0. The van der Waals surface area contributed by atoms with Crippen LogP contribution in [-0.4, -0.2) is 33.6 Å². The average molecular weight is 449 g/mol. The number of hydrogen-bond donors (Lipinski definition) is 1. The fourth-order valence-corrected chi connectivity index (χ4v) is 3.42. The third kappa shape index (κ3) is 3.93. The Morgan fingerprint density at radius 3 is 2.55 bits per heavy atom. The molecule has 1 unspecified atom stereocenters. The second-order valence-corrected chi connectivity index (χ2v) is 7.24. The topological polar surface area (TPSA) is 97.6 Å². The Bertz CT molecular complexity index is 1140. The van der Waals surface area contributed by atoms with Crippen LogP contribution in [0.25, 0.3) is 11.5 Å². The van der Waals surface area contributed by atoms with Crippen molar-refractivity contribution in [3.63, 3.8) is 0 Å². The van der Waals surface area contributed by atoms with E-state index in [1.165, 1.54) is 31.2 Å². The molecule has 0 spiro atoms. The number of imide groups is 1. The van der Waals surface area contributed by atoms with Crippen molar-refractivity contribution < 1.29 is 27.5 Å². The number of alkyl halides is 2. The fourth-order valence-electron chi connectivity index (χ4n) is 3.20. The number of benzene rings is 2. The van der Waals surface area contributed by atoms with Gasteiger partial charge in [-0.15, -0.1) is 10.2 Å². The minimum atomic E-state index is -2.96. The first kappa shape index (κ1) is 20.7. The summed E-state index contributed by atoms with van der Waals surface area (Å²) in [5.41, 5.74) is -0.472. The van der Waals surface area contributed by atoms with E-state index in [0.29, 0.717) is 16.1 Å². The van der Waals surface area contributed by atoms with Crippen LogP contribution in [0.3, 0.4) is 0 Å². The summed E-state index contributed by atoms with van der Waals surface area (Å²) in [6, 6.07) is 11.7. The number of ether oxygens (including phenoxy) is 1. The van der Waals surface area contributed by atoms with Gasteiger partial charge in [0.25, 0.3) is 5.91 Å². The summed E-state index contributed by atoms with van der Waals surface area (Å²) in [5, 5.41) is 10.8. The first-order valence-corrected chi connectivity index (χ1v) is 9.42. The van der Waals surface area contributed by atoms with Gasteiger partial charge in [0.05, 0.1) is 10.6 Å². The number of urea groups is 1. The molecule has 1 aromatic heterocycles. The molecule has 1 N–H and O–H groups in total.